The Balaban J connectivity index is 2.86. The summed E-state index contributed by atoms with van der Waals surface area (Å²) in [5.41, 5.74) is 0.111. The molecule has 0 fully saturated rings. The monoisotopic (exact) mass is 209 g/mol. The summed E-state index contributed by atoms with van der Waals surface area (Å²) >= 11 is 5.57. The molecule has 0 aliphatic heterocycles. The zero-order valence-electron chi connectivity index (χ0n) is 6.38. The molecule has 0 aromatic carbocycles. The Morgan fingerprint density at radius 3 is 2.77 bits per heavy atom. The molecule has 1 aromatic rings. The van der Waals surface area contributed by atoms with Crippen molar-refractivity contribution in [3.05, 3.63) is 22.8 Å². The molecule has 0 aliphatic carbocycles. The Kier molecular flexibility index (Phi) is 3.39. The fourth-order valence-electron chi connectivity index (χ4n) is 0.732. The van der Waals surface area contributed by atoms with Crippen LogP contribution >= 0.6 is 11.6 Å². The van der Waals surface area contributed by atoms with Gasteiger partial charge in [-0.15, -0.1) is 0 Å². The largest absolute Gasteiger partial charge is 0.417 e. The summed E-state index contributed by atoms with van der Waals surface area (Å²) in [4.78, 5) is 3.55. The summed E-state index contributed by atoms with van der Waals surface area (Å²) in [6.45, 7) is -3.35. The fourth-order valence-corrected chi connectivity index (χ4v) is 0.897. The Hall–Kier alpha value is -0.940. The highest BCUT2D eigenvalue weighted by molar-refractivity contribution is 6.31. The van der Waals surface area contributed by atoms with Crippen LogP contribution in [0.5, 0.6) is 5.88 Å². The van der Waals surface area contributed by atoms with Crippen molar-refractivity contribution in [1.82, 2.24) is 4.98 Å². The molecule has 0 saturated carbocycles. The van der Waals surface area contributed by atoms with E-state index in [4.69, 9.17) is 16.7 Å². The Labute approximate surface area is 77.9 Å². The van der Waals surface area contributed by atoms with Crippen molar-refractivity contribution in [1.29, 1.82) is 0 Å². The number of hydrogen-bond donors (Lipinski definition) is 1. The summed E-state index contributed by atoms with van der Waals surface area (Å²) in [5.74, 6) is -0.261. The van der Waals surface area contributed by atoms with Crippen molar-refractivity contribution >= 4 is 11.6 Å². The van der Waals surface area contributed by atoms with Crippen LogP contribution in [-0.4, -0.2) is 16.7 Å². The molecule has 1 N–H and O–H groups in total. The predicted molar refractivity (Wildman–Crippen MR) is 41.8 cm³/mol. The topological polar surface area (TPSA) is 42.4 Å². The number of aromatic nitrogens is 1. The minimum atomic E-state index is -2.93. The van der Waals surface area contributed by atoms with Crippen LogP contribution in [0, 0.1) is 0 Å². The first-order chi connectivity index (χ1) is 6.13. The highest BCUT2D eigenvalue weighted by Gasteiger charge is 2.08. The van der Waals surface area contributed by atoms with Gasteiger partial charge < -0.3 is 9.84 Å². The Morgan fingerprint density at radius 1 is 1.54 bits per heavy atom. The lowest BCUT2D eigenvalue weighted by atomic mass is 10.3. The molecule has 0 saturated heterocycles. The van der Waals surface area contributed by atoms with Gasteiger partial charge in [0.05, 0.1) is 17.3 Å². The van der Waals surface area contributed by atoms with Gasteiger partial charge in [-0.1, -0.05) is 11.6 Å². The summed E-state index contributed by atoms with van der Waals surface area (Å²) in [5, 5.41) is 8.90. The Morgan fingerprint density at radius 2 is 2.23 bits per heavy atom. The molecule has 13 heavy (non-hydrogen) atoms. The molecule has 0 radical (unpaired) electrons. The average Bonchev–Trinajstić information content (AvgIpc) is 2.07. The average molecular weight is 210 g/mol. The maximum Gasteiger partial charge on any atom is 0.388 e. The Bertz CT molecular complexity index is 296. The second-order valence-corrected chi connectivity index (χ2v) is 2.52. The number of nitrogens with zero attached hydrogens (tertiary/aromatic N) is 1. The molecule has 1 aromatic heterocycles. The standard InChI is InChI=1S/C7H6ClF2NO2/c8-4-1-2-6(13-7(9)10)11-5(4)3-12/h1-2,7,12H,3H2. The molecule has 0 unspecified atom stereocenters. The zero-order valence-corrected chi connectivity index (χ0v) is 7.13. The van der Waals surface area contributed by atoms with E-state index in [1.165, 1.54) is 12.1 Å². The van der Waals surface area contributed by atoms with Crippen molar-refractivity contribution in [2.45, 2.75) is 13.2 Å². The zero-order chi connectivity index (χ0) is 9.84. The molecular weight excluding hydrogens is 204 g/mol. The number of halogens is 3. The maximum absolute atomic E-state index is 11.7. The molecule has 0 amide bonds. The molecule has 0 bridgehead atoms. The highest BCUT2D eigenvalue weighted by Crippen LogP contribution is 2.18. The first-order valence-corrected chi connectivity index (χ1v) is 3.72. The minimum Gasteiger partial charge on any atom is -0.417 e. The van der Waals surface area contributed by atoms with Crippen molar-refractivity contribution in [2.24, 2.45) is 0 Å². The van der Waals surface area contributed by atoms with Crippen LogP contribution in [0.3, 0.4) is 0 Å². The van der Waals surface area contributed by atoms with Crippen LogP contribution in [0.25, 0.3) is 0 Å². The summed E-state index contributed by atoms with van der Waals surface area (Å²) in [6, 6.07) is 2.53. The third kappa shape index (κ3) is 2.78. The van der Waals surface area contributed by atoms with Gasteiger partial charge >= 0.3 is 6.61 Å². The predicted octanol–water partition coefficient (Wildman–Crippen LogP) is 1.83. The lowest BCUT2D eigenvalue weighted by Crippen LogP contribution is -2.04. The number of alkyl halides is 2. The van der Waals surface area contributed by atoms with E-state index in [2.05, 4.69) is 9.72 Å². The molecule has 0 aliphatic rings. The van der Waals surface area contributed by atoms with Gasteiger partial charge in [0.25, 0.3) is 0 Å². The number of hydrogen-bond acceptors (Lipinski definition) is 3. The quantitative estimate of drug-likeness (QED) is 0.826. The number of pyridine rings is 1. The van der Waals surface area contributed by atoms with Gasteiger partial charge in [0.15, 0.2) is 0 Å². The van der Waals surface area contributed by atoms with Crippen molar-refractivity contribution < 1.29 is 18.6 Å². The van der Waals surface area contributed by atoms with E-state index >= 15 is 0 Å². The van der Waals surface area contributed by atoms with Crippen LogP contribution in [-0.2, 0) is 6.61 Å². The van der Waals surface area contributed by atoms with Gasteiger partial charge in [-0.3, -0.25) is 0 Å². The summed E-state index contributed by atoms with van der Waals surface area (Å²) < 4.78 is 27.4. The van der Waals surface area contributed by atoms with Gasteiger partial charge in [0, 0.05) is 6.07 Å². The molecule has 6 heteroatoms. The second kappa shape index (κ2) is 4.34. The highest BCUT2D eigenvalue weighted by atomic mass is 35.5. The lowest BCUT2D eigenvalue weighted by Gasteiger charge is -2.05. The number of ether oxygens (including phenoxy) is 1. The molecular formula is C7H6ClF2NO2. The van der Waals surface area contributed by atoms with E-state index in [0.717, 1.165) is 0 Å². The first-order valence-electron chi connectivity index (χ1n) is 3.34. The van der Waals surface area contributed by atoms with Gasteiger partial charge in [-0.05, 0) is 6.07 Å². The molecule has 72 valence electrons. The van der Waals surface area contributed by atoms with Crippen LogP contribution in [0.1, 0.15) is 5.69 Å². The van der Waals surface area contributed by atoms with Crippen LogP contribution in [0.15, 0.2) is 12.1 Å². The molecule has 0 atom stereocenters. The van der Waals surface area contributed by atoms with E-state index in [-0.39, 0.29) is 16.6 Å². The smallest absolute Gasteiger partial charge is 0.388 e. The summed E-state index contributed by atoms with van der Waals surface area (Å²) in [7, 11) is 0. The molecule has 1 heterocycles. The number of aliphatic hydroxyl groups is 1. The number of aliphatic hydroxyl groups excluding tert-OH is 1. The van der Waals surface area contributed by atoms with Gasteiger partial charge in [0.1, 0.15) is 0 Å². The SMILES string of the molecule is OCc1nc(OC(F)F)ccc1Cl. The van der Waals surface area contributed by atoms with E-state index in [9.17, 15) is 8.78 Å². The third-order valence-corrected chi connectivity index (χ3v) is 1.60. The van der Waals surface area contributed by atoms with Crippen molar-refractivity contribution in [2.75, 3.05) is 0 Å². The minimum absolute atomic E-state index is 0.111. The fraction of sp³-hybridized carbons (Fsp3) is 0.286. The van der Waals surface area contributed by atoms with Gasteiger partial charge in [0.2, 0.25) is 5.88 Å². The van der Waals surface area contributed by atoms with Crippen LogP contribution in [0.2, 0.25) is 5.02 Å². The second-order valence-electron chi connectivity index (χ2n) is 2.11. The van der Waals surface area contributed by atoms with Crippen LogP contribution in [0.4, 0.5) is 8.78 Å². The van der Waals surface area contributed by atoms with E-state index < -0.39 is 13.2 Å². The molecule has 1 rings (SSSR count). The number of rotatable bonds is 3. The van der Waals surface area contributed by atoms with Crippen LogP contribution < -0.4 is 4.74 Å². The maximum atomic E-state index is 11.7. The third-order valence-electron chi connectivity index (χ3n) is 1.25. The first kappa shape index (κ1) is 10.1. The molecule has 3 nitrogen and oxygen atoms in total. The van der Waals surface area contributed by atoms with Gasteiger partial charge in [-0.25, -0.2) is 4.98 Å². The van der Waals surface area contributed by atoms with E-state index in [0.29, 0.717) is 0 Å². The van der Waals surface area contributed by atoms with Gasteiger partial charge in [-0.2, -0.15) is 8.78 Å². The molecule has 0 spiro atoms. The van der Waals surface area contributed by atoms with Crippen molar-refractivity contribution in [3.63, 3.8) is 0 Å². The normalized spacial score (nSPS) is 10.5. The summed E-state index contributed by atoms with van der Waals surface area (Å²) in [6.07, 6.45) is 0. The van der Waals surface area contributed by atoms with Crippen molar-refractivity contribution in [3.8, 4) is 5.88 Å². The van der Waals surface area contributed by atoms with E-state index in [1.54, 1.807) is 0 Å². The van der Waals surface area contributed by atoms with E-state index in [1.807, 2.05) is 0 Å². The lowest BCUT2D eigenvalue weighted by molar-refractivity contribution is -0.0530.